The fourth-order valence-corrected chi connectivity index (χ4v) is 11.5. The van der Waals surface area contributed by atoms with Crippen molar-refractivity contribution in [3.05, 3.63) is 149 Å². The van der Waals surface area contributed by atoms with Gasteiger partial charge in [0.2, 0.25) is 6.10 Å². The molecule has 3 aromatic carbocycles. The molecule has 3 N–H and O–H groups in total. The summed E-state index contributed by atoms with van der Waals surface area (Å²) >= 11 is 0. The minimum atomic E-state index is -2.51. The van der Waals surface area contributed by atoms with Crippen LogP contribution in [-0.4, -0.2) is 131 Å². The maximum Gasteiger partial charge on any atom is 0.514 e. The van der Waals surface area contributed by atoms with Gasteiger partial charge in [-0.15, -0.1) is 0 Å². The van der Waals surface area contributed by atoms with E-state index < -0.39 is 125 Å². The van der Waals surface area contributed by atoms with Crippen molar-refractivity contribution in [2.24, 2.45) is 16.7 Å². The van der Waals surface area contributed by atoms with Gasteiger partial charge in [0.05, 0.1) is 29.6 Å². The second-order valence-electron chi connectivity index (χ2n) is 20.8. The van der Waals surface area contributed by atoms with Gasteiger partial charge in [0, 0.05) is 57.8 Å². The molecule has 20 nitrogen and oxygen atoms in total. The Hall–Kier alpha value is -7.08. The standard InChI is InChI=1S/C57H61N3O17.HI/c1-32-39(74-52(68)45(75-53(69)72-31-60-26-18-25-38(29-60)50(66)59(7)8)43(35-19-12-9-13-20-35)58-49(65)36-21-14-10-15-22-36)28-57(70)48(76-51(67)37-23-16-11-17-24-37)46-55(6,40(63)27-41-56(46,30-71-41)77-34(3)62)47(64)44(73-33(2)61)42(32)54(57,4)5;/h9-26,29,39-41,43-46,48,63,70H,27-28,30-31H2,1-8H3;1H/t39-,40-,41+,43-,44+,45+,46-,48-,55+,56-,57+;/m0./s1. The quantitative estimate of drug-likeness (QED) is 0.0532. The number of hydrogen-bond donors (Lipinski definition) is 3. The molecule has 2 bridgehead atoms. The summed E-state index contributed by atoms with van der Waals surface area (Å²) in [6.07, 6.45) is -9.66. The topological polar surface area (TPSA) is 261 Å². The van der Waals surface area contributed by atoms with E-state index in [-0.39, 0.29) is 76.3 Å². The van der Waals surface area contributed by atoms with Crippen molar-refractivity contribution in [1.29, 1.82) is 0 Å². The molecule has 78 heavy (non-hydrogen) atoms. The van der Waals surface area contributed by atoms with Crippen LogP contribution in [0, 0.1) is 16.7 Å². The molecule has 0 radical (unpaired) electrons. The van der Waals surface area contributed by atoms with Crippen LogP contribution < -0.4 is 33.9 Å². The Balaban J connectivity index is 0.00000882. The fourth-order valence-electron chi connectivity index (χ4n) is 11.5. The Morgan fingerprint density at radius 2 is 1.42 bits per heavy atom. The fraction of sp³-hybridized carbons (Fsp3) is 0.421. The summed E-state index contributed by atoms with van der Waals surface area (Å²) in [4.78, 5) is 114. The van der Waals surface area contributed by atoms with Gasteiger partial charge in [-0.05, 0) is 60.9 Å². The number of benzene rings is 3. The highest BCUT2D eigenvalue weighted by atomic mass is 127. The third-order valence-electron chi connectivity index (χ3n) is 15.5. The molecule has 1 aliphatic heterocycles. The SMILES string of the molecule is CC(=O)O[C@H]1C(=O)[C@@]2(C)[C@H]([C@H](OC(=O)c3ccccc3)[C@]3(O)C[C@H](OC(=O)[C@H](OC(=O)OC[n+]4cccc(C(=O)N(C)C)c4)[C@@H](NC(=O)c4ccccc4)c4ccccc4)C(C)=C1C3(C)C)[C@]1(OC(C)=O)CO[C@@H]1C[C@@H]2O.[I-]. The number of nitrogens with one attached hydrogen (secondary N) is 1. The lowest BCUT2D eigenvalue weighted by molar-refractivity contribution is -0.727. The number of aliphatic hydroxyl groups is 2. The number of aliphatic hydroxyl groups excluding tert-OH is 1. The van der Waals surface area contributed by atoms with Crippen molar-refractivity contribution in [2.45, 2.75) is 115 Å². The van der Waals surface area contributed by atoms with Crippen LogP contribution in [0.4, 0.5) is 4.79 Å². The molecule has 3 fully saturated rings. The minimum absolute atomic E-state index is 0. The van der Waals surface area contributed by atoms with E-state index in [0.717, 1.165) is 13.8 Å². The number of esters is 4. The van der Waals surface area contributed by atoms with Crippen LogP contribution in [0.3, 0.4) is 0 Å². The van der Waals surface area contributed by atoms with E-state index in [1.807, 2.05) is 0 Å². The van der Waals surface area contributed by atoms with E-state index in [1.165, 1.54) is 73.8 Å². The molecule has 8 rings (SSSR count). The minimum Gasteiger partial charge on any atom is -1.00 e. The summed E-state index contributed by atoms with van der Waals surface area (Å²) in [6.45, 7) is 7.24. The number of ether oxygens (including phenoxy) is 7. The van der Waals surface area contributed by atoms with Crippen molar-refractivity contribution < 1.29 is 110 Å². The second kappa shape index (κ2) is 23.1. The first kappa shape index (κ1) is 58.6. The second-order valence-corrected chi connectivity index (χ2v) is 20.8. The predicted molar refractivity (Wildman–Crippen MR) is 268 cm³/mol. The first-order valence-corrected chi connectivity index (χ1v) is 25.0. The zero-order valence-corrected chi connectivity index (χ0v) is 46.4. The van der Waals surface area contributed by atoms with E-state index in [2.05, 4.69) is 5.32 Å². The summed E-state index contributed by atoms with van der Waals surface area (Å²) in [5.74, 6) is -7.63. The van der Waals surface area contributed by atoms with Crippen molar-refractivity contribution in [1.82, 2.24) is 10.2 Å². The number of pyridine rings is 1. The van der Waals surface area contributed by atoms with Crippen LogP contribution in [0.15, 0.2) is 127 Å². The van der Waals surface area contributed by atoms with Crippen molar-refractivity contribution in [3.8, 4) is 0 Å². The predicted octanol–water partition coefficient (Wildman–Crippen LogP) is 1.55. The molecule has 0 spiro atoms. The van der Waals surface area contributed by atoms with Gasteiger partial charge in [0.1, 0.15) is 35.5 Å². The summed E-state index contributed by atoms with van der Waals surface area (Å²) < 4.78 is 43.6. The number of amides is 2. The van der Waals surface area contributed by atoms with Crippen LogP contribution >= 0.6 is 0 Å². The summed E-state index contributed by atoms with van der Waals surface area (Å²) in [6, 6.07) is 25.4. The van der Waals surface area contributed by atoms with Crippen molar-refractivity contribution in [2.75, 3.05) is 20.7 Å². The first-order valence-electron chi connectivity index (χ1n) is 25.0. The van der Waals surface area contributed by atoms with Crippen LogP contribution in [0.1, 0.15) is 97.1 Å². The summed E-state index contributed by atoms with van der Waals surface area (Å²) in [5, 5.41) is 29.1. The summed E-state index contributed by atoms with van der Waals surface area (Å²) in [5.41, 5.74) is -7.53. The molecule has 3 aliphatic carbocycles. The number of hydrogen-bond acceptors (Lipinski definition) is 17. The average Bonchev–Trinajstić information content (AvgIpc) is 3.31. The lowest BCUT2D eigenvalue weighted by atomic mass is 9.44. The van der Waals surface area contributed by atoms with E-state index >= 15 is 9.59 Å². The Bertz CT molecular complexity index is 2990. The molecule has 1 saturated heterocycles. The number of aromatic nitrogens is 1. The molecule has 1 aromatic heterocycles. The normalized spacial score (nSPS) is 27.3. The maximum absolute atomic E-state index is 15.8. The number of ketones is 1. The molecule has 2 saturated carbocycles. The van der Waals surface area contributed by atoms with Gasteiger partial charge >= 0.3 is 30.0 Å². The van der Waals surface area contributed by atoms with Crippen LogP contribution in [-0.2, 0) is 59.1 Å². The smallest absolute Gasteiger partial charge is 0.514 e. The maximum atomic E-state index is 15.8. The molecular weight excluding hydrogens is 1130 g/mol. The number of rotatable bonds is 14. The molecule has 414 valence electrons. The number of nitrogens with zero attached hydrogens (tertiary/aromatic N) is 2. The van der Waals surface area contributed by atoms with E-state index in [9.17, 15) is 39.0 Å². The number of carbonyl (C=O) groups is 8. The first-order chi connectivity index (χ1) is 36.4. The molecule has 0 unspecified atom stereocenters. The highest BCUT2D eigenvalue weighted by Gasteiger charge is 2.78. The number of halogens is 1. The summed E-state index contributed by atoms with van der Waals surface area (Å²) in [7, 11) is 3.14. The monoisotopic (exact) mass is 1190 g/mol. The van der Waals surface area contributed by atoms with Gasteiger partial charge < -0.3 is 77.6 Å². The van der Waals surface area contributed by atoms with Crippen molar-refractivity contribution in [3.63, 3.8) is 0 Å². The van der Waals surface area contributed by atoms with Crippen LogP contribution in [0.25, 0.3) is 0 Å². The third kappa shape index (κ3) is 10.9. The molecular formula is C57H62IN3O17. The zero-order chi connectivity index (χ0) is 55.8. The molecule has 2 amide bonds. The van der Waals surface area contributed by atoms with Crippen LogP contribution in [0.2, 0.25) is 0 Å². The highest BCUT2D eigenvalue weighted by Crippen LogP contribution is 2.64. The van der Waals surface area contributed by atoms with Gasteiger partial charge in [0.15, 0.2) is 29.9 Å². The molecule has 2 heterocycles. The number of carbonyl (C=O) groups excluding carboxylic acids is 8. The largest absolute Gasteiger partial charge is 1.00 e. The Kier molecular flexibility index (Phi) is 17.4. The number of Topliss-reactive ketones (excluding diaryl/α,β-unsaturated/α-hetero) is 1. The van der Waals surface area contributed by atoms with E-state index in [0.29, 0.717) is 0 Å². The Morgan fingerprint density at radius 1 is 0.821 bits per heavy atom. The Labute approximate surface area is 467 Å². The molecule has 11 atom stereocenters. The van der Waals surface area contributed by atoms with Crippen LogP contribution in [0.5, 0.6) is 0 Å². The molecule has 21 heteroatoms. The lowest BCUT2D eigenvalue weighted by Crippen LogP contribution is -3.00. The molecule has 4 aromatic rings. The lowest BCUT2D eigenvalue weighted by Gasteiger charge is -2.67. The third-order valence-corrected chi connectivity index (χ3v) is 15.5. The van der Waals surface area contributed by atoms with Gasteiger partial charge in [-0.2, -0.15) is 4.57 Å². The van der Waals surface area contributed by atoms with E-state index in [4.69, 9.17) is 33.2 Å². The van der Waals surface area contributed by atoms with Gasteiger partial charge in [-0.25, -0.2) is 14.4 Å². The van der Waals surface area contributed by atoms with Crippen molar-refractivity contribution >= 4 is 47.6 Å². The van der Waals surface area contributed by atoms with E-state index in [1.54, 1.807) is 93.0 Å². The van der Waals surface area contributed by atoms with Gasteiger partial charge in [0.25, 0.3) is 18.5 Å². The Morgan fingerprint density at radius 3 is 2.00 bits per heavy atom. The highest BCUT2D eigenvalue weighted by molar-refractivity contribution is 5.97. The van der Waals surface area contributed by atoms with Gasteiger partial charge in [-0.3, -0.25) is 24.0 Å². The van der Waals surface area contributed by atoms with Gasteiger partial charge in [-0.1, -0.05) is 80.6 Å². The zero-order valence-electron chi connectivity index (χ0n) is 44.2. The number of fused-ring (bicyclic) bond motifs is 5. The average molecular weight is 1190 g/mol. The molecule has 4 aliphatic rings.